The Morgan fingerprint density at radius 2 is 2.14 bits per heavy atom. The van der Waals surface area contributed by atoms with E-state index in [4.69, 9.17) is 9.52 Å². The Balaban J connectivity index is 1.94. The molecule has 22 heavy (non-hydrogen) atoms. The van der Waals surface area contributed by atoms with Gasteiger partial charge in [-0.05, 0) is 19.1 Å². The standard InChI is InChI=1S/C15H15FN2O4/c1-9(15(20)21)18-13(19)6-7-14-17-8-12(22-14)10-4-2-3-5-11(10)16/h2-5,8-9H,6-7H2,1H3,(H,18,19)(H,20,21)/t9-/m0/s1. The van der Waals surface area contributed by atoms with E-state index in [9.17, 15) is 14.0 Å². The van der Waals surface area contributed by atoms with Gasteiger partial charge < -0.3 is 14.8 Å². The third kappa shape index (κ3) is 3.91. The van der Waals surface area contributed by atoms with E-state index in [0.29, 0.717) is 5.56 Å². The quantitative estimate of drug-likeness (QED) is 0.851. The zero-order chi connectivity index (χ0) is 16.1. The molecule has 0 saturated carbocycles. The van der Waals surface area contributed by atoms with Crippen LogP contribution in [0, 0.1) is 5.82 Å². The maximum absolute atomic E-state index is 13.6. The maximum atomic E-state index is 13.6. The highest BCUT2D eigenvalue weighted by Gasteiger charge is 2.15. The van der Waals surface area contributed by atoms with Gasteiger partial charge in [-0.3, -0.25) is 9.59 Å². The van der Waals surface area contributed by atoms with Crippen LogP contribution in [-0.2, 0) is 16.0 Å². The number of aliphatic carboxylic acids is 1. The summed E-state index contributed by atoms with van der Waals surface area (Å²) in [5, 5.41) is 11.0. The van der Waals surface area contributed by atoms with Gasteiger partial charge in [0.15, 0.2) is 11.7 Å². The van der Waals surface area contributed by atoms with Crippen molar-refractivity contribution in [2.24, 2.45) is 0 Å². The van der Waals surface area contributed by atoms with Gasteiger partial charge in [-0.15, -0.1) is 0 Å². The van der Waals surface area contributed by atoms with Gasteiger partial charge in [0.2, 0.25) is 5.91 Å². The molecule has 0 aliphatic rings. The van der Waals surface area contributed by atoms with Crippen molar-refractivity contribution in [1.82, 2.24) is 10.3 Å². The summed E-state index contributed by atoms with van der Waals surface area (Å²) in [5.41, 5.74) is 0.296. The number of hydrogen-bond donors (Lipinski definition) is 2. The number of aryl methyl sites for hydroxylation is 1. The molecule has 0 radical (unpaired) electrons. The summed E-state index contributed by atoms with van der Waals surface area (Å²) in [6, 6.07) is 5.19. The molecule has 0 aliphatic carbocycles. The number of amides is 1. The first-order chi connectivity index (χ1) is 10.5. The monoisotopic (exact) mass is 306 g/mol. The van der Waals surface area contributed by atoms with Crippen molar-refractivity contribution < 1.29 is 23.5 Å². The second-order valence-corrected chi connectivity index (χ2v) is 4.73. The molecule has 1 aromatic heterocycles. The summed E-state index contributed by atoms with van der Waals surface area (Å²) in [6.45, 7) is 1.38. The van der Waals surface area contributed by atoms with E-state index in [-0.39, 0.29) is 24.5 Å². The van der Waals surface area contributed by atoms with Crippen LogP contribution in [0.3, 0.4) is 0 Å². The number of oxazole rings is 1. The number of halogens is 1. The minimum absolute atomic E-state index is 0.0366. The SMILES string of the molecule is C[C@H](NC(=O)CCc1ncc(-c2ccccc2F)o1)C(=O)O. The van der Waals surface area contributed by atoms with Gasteiger partial charge in [-0.25, -0.2) is 9.37 Å². The van der Waals surface area contributed by atoms with Crippen LogP contribution >= 0.6 is 0 Å². The summed E-state index contributed by atoms with van der Waals surface area (Å²) in [4.78, 5) is 26.2. The second-order valence-electron chi connectivity index (χ2n) is 4.73. The van der Waals surface area contributed by atoms with Gasteiger partial charge in [0.25, 0.3) is 0 Å². The van der Waals surface area contributed by atoms with Crippen molar-refractivity contribution in [3.63, 3.8) is 0 Å². The van der Waals surface area contributed by atoms with Crippen molar-refractivity contribution >= 4 is 11.9 Å². The normalized spacial score (nSPS) is 11.9. The van der Waals surface area contributed by atoms with Crippen molar-refractivity contribution in [2.75, 3.05) is 0 Å². The van der Waals surface area contributed by atoms with Gasteiger partial charge in [0, 0.05) is 12.8 Å². The van der Waals surface area contributed by atoms with Crippen molar-refractivity contribution in [3.05, 3.63) is 42.2 Å². The molecule has 0 fully saturated rings. The third-order valence-corrected chi connectivity index (χ3v) is 3.01. The lowest BCUT2D eigenvalue weighted by Gasteiger charge is -2.07. The summed E-state index contributed by atoms with van der Waals surface area (Å²) in [5.74, 6) is -1.37. The lowest BCUT2D eigenvalue weighted by Crippen LogP contribution is -2.38. The zero-order valence-electron chi connectivity index (χ0n) is 11.9. The lowest BCUT2D eigenvalue weighted by molar-refractivity contribution is -0.141. The Kier molecular flexibility index (Phi) is 4.88. The fourth-order valence-corrected chi connectivity index (χ4v) is 1.81. The number of carbonyl (C=O) groups excluding carboxylic acids is 1. The molecule has 0 unspecified atom stereocenters. The second kappa shape index (κ2) is 6.84. The van der Waals surface area contributed by atoms with E-state index in [1.165, 1.54) is 19.2 Å². The van der Waals surface area contributed by atoms with E-state index in [2.05, 4.69) is 10.3 Å². The molecule has 116 valence electrons. The first-order valence-electron chi connectivity index (χ1n) is 6.69. The van der Waals surface area contributed by atoms with Gasteiger partial charge >= 0.3 is 5.97 Å². The number of hydrogen-bond acceptors (Lipinski definition) is 4. The number of nitrogens with zero attached hydrogens (tertiary/aromatic N) is 1. The number of benzene rings is 1. The van der Waals surface area contributed by atoms with Crippen LogP contribution in [0.1, 0.15) is 19.2 Å². The van der Waals surface area contributed by atoms with Gasteiger partial charge in [0.05, 0.1) is 11.8 Å². The summed E-state index contributed by atoms with van der Waals surface area (Å²) < 4.78 is 19.0. The number of carbonyl (C=O) groups is 2. The molecular weight excluding hydrogens is 291 g/mol. The molecule has 6 nitrogen and oxygen atoms in total. The molecule has 0 aliphatic heterocycles. The van der Waals surface area contributed by atoms with Crippen LogP contribution in [-0.4, -0.2) is 28.0 Å². The number of rotatable bonds is 6. The van der Waals surface area contributed by atoms with Crippen LogP contribution in [0.2, 0.25) is 0 Å². The first kappa shape index (κ1) is 15.7. The van der Waals surface area contributed by atoms with Gasteiger partial charge in [-0.2, -0.15) is 0 Å². The Hall–Kier alpha value is -2.70. The van der Waals surface area contributed by atoms with E-state index < -0.39 is 23.7 Å². The third-order valence-electron chi connectivity index (χ3n) is 3.01. The topological polar surface area (TPSA) is 92.4 Å². The first-order valence-corrected chi connectivity index (χ1v) is 6.69. The Morgan fingerprint density at radius 3 is 2.82 bits per heavy atom. The minimum atomic E-state index is -1.11. The van der Waals surface area contributed by atoms with Crippen LogP contribution in [0.25, 0.3) is 11.3 Å². The molecule has 2 N–H and O–H groups in total. The molecule has 0 spiro atoms. The maximum Gasteiger partial charge on any atom is 0.325 e. The summed E-state index contributed by atoms with van der Waals surface area (Å²) in [6.07, 6.45) is 1.63. The molecule has 7 heteroatoms. The zero-order valence-corrected chi connectivity index (χ0v) is 11.9. The predicted octanol–water partition coefficient (Wildman–Crippen LogP) is 2.00. The van der Waals surface area contributed by atoms with Crippen LogP contribution in [0.5, 0.6) is 0 Å². The predicted molar refractivity (Wildman–Crippen MR) is 75.5 cm³/mol. The molecule has 0 saturated heterocycles. The largest absolute Gasteiger partial charge is 0.480 e. The average molecular weight is 306 g/mol. The van der Waals surface area contributed by atoms with E-state index in [1.807, 2.05) is 0 Å². The highest BCUT2D eigenvalue weighted by Crippen LogP contribution is 2.23. The number of nitrogens with one attached hydrogen (secondary N) is 1. The summed E-state index contributed by atoms with van der Waals surface area (Å²) in [7, 11) is 0. The van der Waals surface area contributed by atoms with Crippen LogP contribution in [0.15, 0.2) is 34.9 Å². The molecular formula is C15H15FN2O4. The molecule has 0 bridgehead atoms. The summed E-state index contributed by atoms with van der Waals surface area (Å²) >= 11 is 0. The Morgan fingerprint density at radius 1 is 1.41 bits per heavy atom. The van der Waals surface area contributed by atoms with Gasteiger partial charge in [0.1, 0.15) is 11.9 Å². The highest BCUT2D eigenvalue weighted by molar-refractivity contribution is 5.83. The van der Waals surface area contributed by atoms with Crippen LogP contribution < -0.4 is 5.32 Å². The van der Waals surface area contributed by atoms with E-state index in [0.717, 1.165) is 0 Å². The molecule has 2 rings (SSSR count). The van der Waals surface area contributed by atoms with Gasteiger partial charge in [-0.1, -0.05) is 12.1 Å². The smallest absolute Gasteiger partial charge is 0.325 e. The van der Waals surface area contributed by atoms with Crippen molar-refractivity contribution in [2.45, 2.75) is 25.8 Å². The molecule has 2 aromatic rings. The Bertz CT molecular complexity index is 684. The number of carboxylic acid groups (broad SMARTS) is 1. The number of carboxylic acids is 1. The van der Waals surface area contributed by atoms with Crippen molar-refractivity contribution in [3.8, 4) is 11.3 Å². The van der Waals surface area contributed by atoms with E-state index in [1.54, 1.807) is 18.2 Å². The molecule has 1 aromatic carbocycles. The fraction of sp³-hybridized carbons (Fsp3) is 0.267. The van der Waals surface area contributed by atoms with E-state index >= 15 is 0 Å². The molecule has 1 atom stereocenters. The minimum Gasteiger partial charge on any atom is -0.480 e. The number of aromatic nitrogens is 1. The molecule has 1 amide bonds. The van der Waals surface area contributed by atoms with Crippen molar-refractivity contribution in [1.29, 1.82) is 0 Å². The lowest BCUT2D eigenvalue weighted by atomic mass is 10.2. The highest BCUT2D eigenvalue weighted by atomic mass is 19.1. The molecule has 1 heterocycles. The van der Waals surface area contributed by atoms with Crippen LogP contribution in [0.4, 0.5) is 4.39 Å². The Labute approximate surface area is 126 Å². The fourth-order valence-electron chi connectivity index (χ4n) is 1.81. The average Bonchev–Trinajstić information content (AvgIpc) is 2.94.